The van der Waals surface area contributed by atoms with E-state index in [4.69, 9.17) is 9.47 Å². The maximum absolute atomic E-state index is 5.40. The first kappa shape index (κ1) is 15.4. The molecule has 4 nitrogen and oxygen atoms in total. The number of anilines is 1. The van der Waals surface area contributed by atoms with Crippen LogP contribution >= 0.6 is 11.3 Å². The Morgan fingerprint density at radius 1 is 0.957 bits per heavy atom. The fourth-order valence-electron chi connectivity index (χ4n) is 2.35. The molecule has 0 aliphatic carbocycles. The molecule has 0 amide bonds. The van der Waals surface area contributed by atoms with Gasteiger partial charge in [0.2, 0.25) is 0 Å². The average Bonchev–Trinajstić information content (AvgIpc) is 3.09. The Hall–Kier alpha value is -2.53. The lowest BCUT2D eigenvalue weighted by Crippen LogP contribution is -2.01. The Kier molecular flexibility index (Phi) is 4.78. The lowest BCUT2D eigenvalue weighted by molar-refractivity contribution is 0.410. The van der Waals surface area contributed by atoms with Gasteiger partial charge in [-0.3, -0.25) is 0 Å². The molecule has 5 heteroatoms. The van der Waals surface area contributed by atoms with Crippen molar-refractivity contribution in [3.05, 3.63) is 59.5 Å². The highest BCUT2D eigenvalue weighted by atomic mass is 32.1. The lowest BCUT2D eigenvalue weighted by Gasteiger charge is -2.08. The zero-order chi connectivity index (χ0) is 16.1. The topological polar surface area (TPSA) is 43.4 Å². The maximum atomic E-state index is 5.40. The van der Waals surface area contributed by atoms with Gasteiger partial charge in [0, 0.05) is 23.1 Å². The Bertz CT molecular complexity index is 786. The van der Waals surface area contributed by atoms with Crippen molar-refractivity contribution in [2.45, 2.75) is 6.54 Å². The van der Waals surface area contributed by atoms with Crippen LogP contribution in [0.4, 0.5) is 5.13 Å². The molecule has 0 saturated carbocycles. The van der Waals surface area contributed by atoms with Gasteiger partial charge in [0.25, 0.3) is 0 Å². The van der Waals surface area contributed by atoms with Gasteiger partial charge in [-0.15, -0.1) is 11.3 Å². The smallest absolute Gasteiger partial charge is 0.183 e. The van der Waals surface area contributed by atoms with Gasteiger partial charge in [-0.1, -0.05) is 30.3 Å². The van der Waals surface area contributed by atoms with Crippen molar-refractivity contribution in [2.24, 2.45) is 0 Å². The molecular formula is C18H18N2O2S. The highest BCUT2D eigenvalue weighted by Gasteiger charge is 2.09. The molecule has 0 fully saturated rings. The van der Waals surface area contributed by atoms with Crippen LogP contribution in [0.15, 0.2) is 53.9 Å². The molecule has 0 spiro atoms. The fraction of sp³-hybridized carbons (Fsp3) is 0.167. The number of methoxy groups -OCH3 is 2. The second-order valence-electron chi connectivity index (χ2n) is 4.90. The highest BCUT2D eigenvalue weighted by molar-refractivity contribution is 7.14. The molecule has 1 N–H and O–H groups in total. The summed E-state index contributed by atoms with van der Waals surface area (Å²) in [5.74, 6) is 1.70. The summed E-state index contributed by atoms with van der Waals surface area (Å²) < 4.78 is 10.8. The van der Waals surface area contributed by atoms with E-state index in [0.29, 0.717) is 6.54 Å². The molecule has 3 aromatic rings. The third-order valence-corrected chi connectivity index (χ3v) is 4.31. The minimum atomic E-state index is 0.670. The predicted molar refractivity (Wildman–Crippen MR) is 94.4 cm³/mol. The normalized spacial score (nSPS) is 10.3. The zero-order valence-corrected chi connectivity index (χ0v) is 13.9. The van der Waals surface area contributed by atoms with E-state index in [-0.39, 0.29) is 0 Å². The van der Waals surface area contributed by atoms with E-state index in [1.165, 1.54) is 0 Å². The first-order chi connectivity index (χ1) is 11.3. The number of rotatable bonds is 6. The standard InChI is InChI=1S/C18H18N2O2S/c1-21-16-9-5-3-7-13(16)11-19-18-20-15(12-23-18)14-8-4-6-10-17(14)22-2/h3-10,12H,11H2,1-2H3,(H,19,20). The van der Waals surface area contributed by atoms with Crippen LogP contribution in [0.5, 0.6) is 11.5 Å². The molecule has 0 saturated heterocycles. The average molecular weight is 326 g/mol. The third-order valence-electron chi connectivity index (χ3n) is 3.51. The molecule has 0 atom stereocenters. The van der Waals surface area contributed by atoms with Crippen molar-refractivity contribution in [3.63, 3.8) is 0 Å². The maximum Gasteiger partial charge on any atom is 0.183 e. The van der Waals surface area contributed by atoms with Gasteiger partial charge < -0.3 is 14.8 Å². The van der Waals surface area contributed by atoms with Crippen molar-refractivity contribution in [1.29, 1.82) is 0 Å². The van der Waals surface area contributed by atoms with Crippen molar-refractivity contribution in [2.75, 3.05) is 19.5 Å². The quantitative estimate of drug-likeness (QED) is 0.727. The molecule has 23 heavy (non-hydrogen) atoms. The second-order valence-corrected chi connectivity index (χ2v) is 5.76. The summed E-state index contributed by atoms with van der Waals surface area (Å²) in [6.07, 6.45) is 0. The van der Waals surface area contributed by atoms with E-state index in [2.05, 4.69) is 10.3 Å². The summed E-state index contributed by atoms with van der Waals surface area (Å²) >= 11 is 1.58. The molecular weight excluding hydrogens is 308 g/mol. The van der Waals surface area contributed by atoms with Gasteiger partial charge in [0.15, 0.2) is 5.13 Å². The lowest BCUT2D eigenvalue weighted by atomic mass is 10.1. The number of benzene rings is 2. The van der Waals surface area contributed by atoms with Crippen LogP contribution in [-0.2, 0) is 6.54 Å². The molecule has 2 aromatic carbocycles. The zero-order valence-electron chi connectivity index (χ0n) is 13.1. The molecule has 3 rings (SSSR count). The highest BCUT2D eigenvalue weighted by Crippen LogP contribution is 2.32. The summed E-state index contributed by atoms with van der Waals surface area (Å²) in [5.41, 5.74) is 3.01. The van der Waals surface area contributed by atoms with E-state index in [1.807, 2.05) is 53.9 Å². The van der Waals surface area contributed by atoms with Crippen LogP contribution in [0.1, 0.15) is 5.56 Å². The Morgan fingerprint density at radius 2 is 1.65 bits per heavy atom. The molecule has 0 radical (unpaired) electrons. The predicted octanol–water partition coefficient (Wildman–Crippen LogP) is 4.44. The number of nitrogens with zero attached hydrogens (tertiary/aromatic N) is 1. The molecule has 118 valence electrons. The van der Waals surface area contributed by atoms with Crippen molar-refractivity contribution < 1.29 is 9.47 Å². The van der Waals surface area contributed by atoms with Crippen molar-refractivity contribution in [3.8, 4) is 22.8 Å². The molecule has 0 unspecified atom stereocenters. The fourth-order valence-corrected chi connectivity index (χ4v) is 3.06. The van der Waals surface area contributed by atoms with Gasteiger partial charge in [-0.25, -0.2) is 4.98 Å². The van der Waals surface area contributed by atoms with Crippen LogP contribution in [0, 0.1) is 0 Å². The van der Waals surface area contributed by atoms with Crippen molar-refractivity contribution >= 4 is 16.5 Å². The third kappa shape index (κ3) is 3.46. The minimum absolute atomic E-state index is 0.670. The largest absolute Gasteiger partial charge is 0.496 e. The van der Waals surface area contributed by atoms with Crippen LogP contribution in [0.2, 0.25) is 0 Å². The first-order valence-electron chi connectivity index (χ1n) is 7.26. The number of ether oxygens (including phenoxy) is 2. The summed E-state index contributed by atoms with van der Waals surface area (Å²) in [4.78, 5) is 4.65. The summed E-state index contributed by atoms with van der Waals surface area (Å²) in [5, 5.41) is 6.25. The monoisotopic (exact) mass is 326 g/mol. The molecule has 1 heterocycles. The van der Waals surface area contributed by atoms with E-state index in [1.54, 1.807) is 25.6 Å². The Morgan fingerprint density at radius 3 is 2.43 bits per heavy atom. The number of hydrogen-bond acceptors (Lipinski definition) is 5. The molecule has 0 aliphatic heterocycles. The van der Waals surface area contributed by atoms with Crippen LogP contribution in [-0.4, -0.2) is 19.2 Å². The van der Waals surface area contributed by atoms with Crippen LogP contribution in [0.3, 0.4) is 0 Å². The van der Waals surface area contributed by atoms with Gasteiger partial charge in [-0.2, -0.15) is 0 Å². The van der Waals surface area contributed by atoms with E-state index in [0.717, 1.165) is 33.5 Å². The number of aromatic nitrogens is 1. The van der Waals surface area contributed by atoms with Gasteiger partial charge in [0.1, 0.15) is 11.5 Å². The summed E-state index contributed by atoms with van der Waals surface area (Å²) in [7, 11) is 3.36. The van der Waals surface area contributed by atoms with Crippen LogP contribution in [0.25, 0.3) is 11.3 Å². The number of thiazole rings is 1. The van der Waals surface area contributed by atoms with Gasteiger partial charge in [0.05, 0.1) is 19.9 Å². The number of para-hydroxylation sites is 2. The second kappa shape index (κ2) is 7.15. The summed E-state index contributed by atoms with van der Waals surface area (Å²) in [6.45, 7) is 0.670. The van der Waals surface area contributed by atoms with Gasteiger partial charge in [-0.05, 0) is 18.2 Å². The van der Waals surface area contributed by atoms with E-state index in [9.17, 15) is 0 Å². The Labute approximate surface area is 139 Å². The van der Waals surface area contributed by atoms with E-state index < -0.39 is 0 Å². The molecule has 0 aliphatic rings. The summed E-state index contributed by atoms with van der Waals surface area (Å²) in [6, 6.07) is 15.9. The Balaban J connectivity index is 1.75. The first-order valence-corrected chi connectivity index (χ1v) is 8.14. The van der Waals surface area contributed by atoms with E-state index >= 15 is 0 Å². The van der Waals surface area contributed by atoms with Gasteiger partial charge >= 0.3 is 0 Å². The SMILES string of the molecule is COc1ccccc1CNc1nc(-c2ccccc2OC)cs1. The van der Waals surface area contributed by atoms with Crippen LogP contribution < -0.4 is 14.8 Å². The molecule has 1 aromatic heterocycles. The number of hydrogen-bond donors (Lipinski definition) is 1. The molecule has 0 bridgehead atoms. The number of nitrogens with one attached hydrogen (secondary N) is 1. The minimum Gasteiger partial charge on any atom is -0.496 e. The van der Waals surface area contributed by atoms with Crippen molar-refractivity contribution in [1.82, 2.24) is 4.98 Å².